The average molecular weight is 260 g/mol. The summed E-state index contributed by atoms with van der Waals surface area (Å²) in [5.41, 5.74) is 0.993. The van der Waals surface area contributed by atoms with Gasteiger partial charge >= 0.3 is 0 Å². The van der Waals surface area contributed by atoms with E-state index in [1.54, 1.807) is 0 Å². The largest absolute Gasteiger partial charge is 0.393 e. The number of likely N-dealkylation sites (tertiary alicyclic amines) is 1. The van der Waals surface area contributed by atoms with E-state index in [1.807, 2.05) is 35.2 Å². The molecule has 4 nitrogen and oxygen atoms in total. The molecule has 2 fully saturated rings. The minimum absolute atomic E-state index is 0.00714. The maximum absolute atomic E-state index is 12.5. The lowest BCUT2D eigenvalue weighted by molar-refractivity contribution is -0.122. The number of nitrogens with zero attached hydrogens (tertiary/aromatic N) is 2. The van der Waals surface area contributed by atoms with Crippen molar-refractivity contribution in [1.29, 1.82) is 0 Å². The summed E-state index contributed by atoms with van der Waals surface area (Å²) >= 11 is 0. The van der Waals surface area contributed by atoms with Crippen LogP contribution in [0.1, 0.15) is 19.3 Å². The minimum atomic E-state index is -0.182. The predicted octanol–water partition coefficient (Wildman–Crippen LogP) is 1.25. The van der Waals surface area contributed by atoms with Gasteiger partial charge in [0.2, 0.25) is 5.91 Å². The molecule has 1 aromatic rings. The van der Waals surface area contributed by atoms with Crippen molar-refractivity contribution in [1.82, 2.24) is 4.90 Å². The molecule has 0 bridgehead atoms. The van der Waals surface area contributed by atoms with Gasteiger partial charge < -0.3 is 10.0 Å². The van der Waals surface area contributed by atoms with E-state index in [4.69, 9.17) is 0 Å². The van der Waals surface area contributed by atoms with Crippen molar-refractivity contribution in [2.75, 3.05) is 24.5 Å². The first-order valence-corrected chi connectivity index (χ1v) is 7.04. The van der Waals surface area contributed by atoms with Crippen molar-refractivity contribution < 1.29 is 9.90 Å². The highest BCUT2D eigenvalue weighted by Crippen LogP contribution is 2.26. The van der Waals surface area contributed by atoms with Crippen LogP contribution in [0.5, 0.6) is 0 Å². The third-order valence-electron chi connectivity index (χ3n) is 4.18. The predicted molar refractivity (Wildman–Crippen MR) is 74.0 cm³/mol. The molecule has 0 aliphatic carbocycles. The Morgan fingerprint density at radius 1 is 1.00 bits per heavy atom. The summed E-state index contributed by atoms with van der Waals surface area (Å²) in [6.45, 7) is 2.47. The molecule has 2 aliphatic rings. The quantitative estimate of drug-likeness (QED) is 0.870. The summed E-state index contributed by atoms with van der Waals surface area (Å²) < 4.78 is 0. The van der Waals surface area contributed by atoms with Crippen molar-refractivity contribution >= 4 is 11.6 Å². The van der Waals surface area contributed by atoms with Crippen LogP contribution in [0.3, 0.4) is 0 Å². The van der Waals surface area contributed by atoms with Crippen molar-refractivity contribution in [2.45, 2.75) is 31.4 Å². The van der Waals surface area contributed by atoms with Crippen LogP contribution in [0.25, 0.3) is 0 Å². The number of aliphatic hydroxyl groups excluding tert-OH is 1. The molecule has 4 heteroatoms. The molecule has 2 heterocycles. The molecule has 3 rings (SSSR count). The van der Waals surface area contributed by atoms with E-state index in [1.165, 1.54) is 0 Å². The van der Waals surface area contributed by atoms with Gasteiger partial charge in [-0.15, -0.1) is 0 Å². The first-order valence-electron chi connectivity index (χ1n) is 7.04. The monoisotopic (exact) mass is 260 g/mol. The number of hydrogen-bond donors (Lipinski definition) is 1. The number of amides is 1. The standard InChI is InChI=1S/C15H20N2O2/c18-13-6-9-16(10-7-13)14-8-11-17(15(14)19)12-4-2-1-3-5-12/h1-5,13-14,18H,6-11H2. The second-order valence-corrected chi connectivity index (χ2v) is 5.40. The van der Waals surface area contributed by atoms with E-state index >= 15 is 0 Å². The maximum Gasteiger partial charge on any atom is 0.244 e. The molecule has 1 amide bonds. The number of aliphatic hydroxyl groups is 1. The van der Waals surface area contributed by atoms with Crippen LogP contribution in [0.4, 0.5) is 5.69 Å². The Bertz CT molecular complexity index is 441. The van der Waals surface area contributed by atoms with Gasteiger partial charge in [0.1, 0.15) is 0 Å². The number of piperidine rings is 1. The lowest BCUT2D eigenvalue weighted by Crippen LogP contribution is -2.46. The van der Waals surface area contributed by atoms with E-state index in [9.17, 15) is 9.90 Å². The number of carbonyl (C=O) groups excluding carboxylic acids is 1. The Balaban J connectivity index is 1.69. The van der Waals surface area contributed by atoms with Crippen molar-refractivity contribution in [3.05, 3.63) is 30.3 Å². The summed E-state index contributed by atoms with van der Waals surface area (Å²) in [5, 5.41) is 9.54. The molecule has 0 saturated carbocycles. The van der Waals surface area contributed by atoms with Crippen molar-refractivity contribution in [3.63, 3.8) is 0 Å². The van der Waals surface area contributed by atoms with E-state index in [-0.39, 0.29) is 18.1 Å². The molecule has 1 unspecified atom stereocenters. The first-order chi connectivity index (χ1) is 9.25. The Hall–Kier alpha value is -1.39. The molecule has 2 aliphatic heterocycles. The zero-order chi connectivity index (χ0) is 13.2. The lowest BCUT2D eigenvalue weighted by Gasteiger charge is -2.33. The second-order valence-electron chi connectivity index (χ2n) is 5.40. The fraction of sp³-hybridized carbons (Fsp3) is 0.533. The topological polar surface area (TPSA) is 43.8 Å². The SMILES string of the molecule is O=C1C(N2CCC(O)CC2)CCN1c1ccccc1. The average Bonchev–Trinajstić information content (AvgIpc) is 2.83. The summed E-state index contributed by atoms with van der Waals surface area (Å²) in [6.07, 6.45) is 2.28. The van der Waals surface area contributed by atoms with E-state index in [2.05, 4.69) is 4.90 Å². The summed E-state index contributed by atoms with van der Waals surface area (Å²) in [6, 6.07) is 9.88. The van der Waals surface area contributed by atoms with E-state index < -0.39 is 0 Å². The second kappa shape index (κ2) is 5.31. The number of para-hydroxylation sites is 1. The number of carbonyl (C=O) groups is 1. The van der Waals surface area contributed by atoms with Crippen LogP contribution in [0.15, 0.2) is 30.3 Å². The highest BCUT2D eigenvalue weighted by atomic mass is 16.3. The van der Waals surface area contributed by atoms with Crippen LogP contribution < -0.4 is 4.90 Å². The van der Waals surface area contributed by atoms with Crippen LogP contribution in [-0.2, 0) is 4.79 Å². The smallest absolute Gasteiger partial charge is 0.244 e. The van der Waals surface area contributed by atoms with Gasteiger partial charge in [-0.25, -0.2) is 0 Å². The fourth-order valence-corrected chi connectivity index (χ4v) is 3.07. The zero-order valence-corrected chi connectivity index (χ0v) is 11.0. The lowest BCUT2D eigenvalue weighted by atomic mass is 10.1. The molecule has 2 saturated heterocycles. The molecule has 102 valence electrons. The van der Waals surface area contributed by atoms with Gasteiger partial charge in [0.05, 0.1) is 12.1 Å². The molecular formula is C15H20N2O2. The minimum Gasteiger partial charge on any atom is -0.393 e. The Morgan fingerprint density at radius 2 is 1.68 bits per heavy atom. The number of rotatable bonds is 2. The molecule has 1 N–H and O–H groups in total. The summed E-state index contributed by atoms with van der Waals surface area (Å²) in [7, 11) is 0. The third kappa shape index (κ3) is 2.51. The van der Waals surface area contributed by atoms with E-state index in [0.717, 1.165) is 44.6 Å². The number of hydrogen-bond acceptors (Lipinski definition) is 3. The van der Waals surface area contributed by atoms with Crippen LogP contribution >= 0.6 is 0 Å². The van der Waals surface area contributed by atoms with Gasteiger partial charge in [0.15, 0.2) is 0 Å². The first kappa shape index (κ1) is 12.6. The highest BCUT2D eigenvalue weighted by Gasteiger charge is 2.37. The molecule has 0 radical (unpaired) electrons. The summed E-state index contributed by atoms with van der Waals surface area (Å²) in [5.74, 6) is 0.211. The van der Waals surface area contributed by atoms with Gasteiger partial charge in [0.25, 0.3) is 0 Å². The van der Waals surface area contributed by atoms with Crippen molar-refractivity contribution in [3.8, 4) is 0 Å². The van der Waals surface area contributed by atoms with Gasteiger partial charge in [-0.05, 0) is 31.4 Å². The van der Waals surface area contributed by atoms with Gasteiger partial charge in [-0.3, -0.25) is 9.69 Å². The molecule has 19 heavy (non-hydrogen) atoms. The molecule has 0 aromatic heterocycles. The zero-order valence-electron chi connectivity index (χ0n) is 11.0. The Kier molecular flexibility index (Phi) is 3.53. The number of benzene rings is 1. The van der Waals surface area contributed by atoms with Crippen LogP contribution in [0, 0.1) is 0 Å². The van der Waals surface area contributed by atoms with Crippen molar-refractivity contribution in [2.24, 2.45) is 0 Å². The molecule has 0 spiro atoms. The third-order valence-corrected chi connectivity index (χ3v) is 4.18. The summed E-state index contributed by atoms with van der Waals surface area (Å²) in [4.78, 5) is 16.6. The van der Waals surface area contributed by atoms with Gasteiger partial charge in [0, 0.05) is 25.3 Å². The molecular weight excluding hydrogens is 240 g/mol. The van der Waals surface area contributed by atoms with Crippen LogP contribution in [-0.4, -0.2) is 47.7 Å². The number of anilines is 1. The Morgan fingerprint density at radius 3 is 2.37 bits per heavy atom. The molecule has 1 aromatic carbocycles. The maximum atomic E-state index is 12.5. The normalized spacial score (nSPS) is 26.1. The molecule has 1 atom stereocenters. The van der Waals surface area contributed by atoms with Gasteiger partial charge in [-0.1, -0.05) is 18.2 Å². The highest BCUT2D eigenvalue weighted by molar-refractivity contribution is 5.99. The van der Waals surface area contributed by atoms with Crippen LogP contribution in [0.2, 0.25) is 0 Å². The van der Waals surface area contributed by atoms with Gasteiger partial charge in [-0.2, -0.15) is 0 Å². The fourth-order valence-electron chi connectivity index (χ4n) is 3.07. The van der Waals surface area contributed by atoms with E-state index in [0.29, 0.717) is 0 Å². The Labute approximate surface area is 113 Å².